The fraction of sp³-hybridized carbons (Fsp3) is 0.133. The smallest absolute Gasteiger partial charge is 0.139 e. The van der Waals surface area contributed by atoms with E-state index in [1.54, 1.807) is 5.01 Å². The van der Waals surface area contributed by atoms with Crippen LogP contribution in [0.15, 0.2) is 65.7 Å². The number of nitrogens with zero attached hydrogens (tertiary/aromatic N) is 2. The minimum Gasteiger partial charge on any atom is -0.267 e. The number of aliphatic imine (C=N–C) groups is 1. The number of hydrogen-bond donors (Lipinski definition) is 1. The summed E-state index contributed by atoms with van der Waals surface area (Å²) in [6, 6.07) is 20.0. The molecule has 1 unspecified atom stereocenters. The molecule has 0 heterocycles. The summed E-state index contributed by atoms with van der Waals surface area (Å²) >= 11 is 0. The molecule has 1 atom stereocenters. The van der Waals surface area contributed by atoms with Crippen molar-refractivity contribution in [2.24, 2.45) is 10.8 Å². The largest absolute Gasteiger partial charge is 0.267 e. The van der Waals surface area contributed by atoms with E-state index in [-0.39, 0.29) is 6.17 Å². The van der Waals surface area contributed by atoms with Crippen molar-refractivity contribution in [3.05, 3.63) is 71.8 Å². The molecule has 0 fully saturated rings. The number of nitrogens with two attached hydrogens (primary N) is 1. The maximum atomic E-state index is 5.85. The lowest BCUT2D eigenvalue weighted by atomic mass is 10.1. The quantitative estimate of drug-likeness (QED) is 0.506. The Balaban J connectivity index is 2.20. The first-order chi connectivity index (χ1) is 8.77. The summed E-state index contributed by atoms with van der Waals surface area (Å²) < 4.78 is 0. The third-order valence-corrected chi connectivity index (χ3v) is 2.65. The van der Waals surface area contributed by atoms with E-state index in [0.717, 1.165) is 11.1 Å². The third-order valence-electron chi connectivity index (χ3n) is 2.65. The number of hydrogen-bond acceptors (Lipinski definition) is 3. The second-order valence-electron chi connectivity index (χ2n) is 4.14. The zero-order valence-corrected chi connectivity index (χ0v) is 10.4. The van der Waals surface area contributed by atoms with Crippen LogP contribution in [0.4, 0.5) is 0 Å². The fourth-order valence-electron chi connectivity index (χ4n) is 1.75. The van der Waals surface area contributed by atoms with Crippen molar-refractivity contribution in [2.75, 3.05) is 7.05 Å². The third kappa shape index (κ3) is 3.26. The Hall–Kier alpha value is -1.97. The summed E-state index contributed by atoms with van der Waals surface area (Å²) in [4.78, 5) is 4.54. The molecule has 2 rings (SSSR count). The van der Waals surface area contributed by atoms with Crippen molar-refractivity contribution >= 4 is 6.21 Å². The zero-order chi connectivity index (χ0) is 12.8. The Morgan fingerprint density at radius 1 is 1.00 bits per heavy atom. The maximum Gasteiger partial charge on any atom is 0.139 e. The normalized spacial score (nSPS) is 13.1. The lowest BCUT2D eigenvalue weighted by Gasteiger charge is -2.20. The van der Waals surface area contributed by atoms with Gasteiger partial charge in [-0.2, -0.15) is 0 Å². The van der Waals surface area contributed by atoms with Crippen LogP contribution >= 0.6 is 0 Å². The molecule has 3 heteroatoms. The van der Waals surface area contributed by atoms with Gasteiger partial charge in [0.25, 0.3) is 0 Å². The standard InChI is InChI=1S/C15H17N3/c1-18(16)15(14-10-6-3-7-11-14)17-12-13-8-4-2-5-9-13/h2-12,15H,16H2,1H3/b17-12+. The van der Waals surface area contributed by atoms with Gasteiger partial charge in [-0.3, -0.25) is 10.8 Å². The van der Waals surface area contributed by atoms with Crippen molar-refractivity contribution in [1.82, 2.24) is 5.01 Å². The molecular weight excluding hydrogens is 222 g/mol. The van der Waals surface area contributed by atoms with Crippen molar-refractivity contribution < 1.29 is 0 Å². The van der Waals surface area contributed by atoms with Gasteiger partial charge >= 0.3 is 0 Å². The molecule has 0 aromatic heterocycles. The van der Waals surface area contributed by atoms with Crippen LogP contribution in [-0.2, 0) is 0 Å². The van der Waals surface area contributed by atoms with E-state index in [4.69, 9.17) is 5.84 Å². The lowest BCUT2D eigenvalue weighted by Crippen LogP contribution is -2.30. The molecular formula is C15H17N3. The van der Waals surface area contributed by atoms with Gasteiger partial charge < -0.3 is 0 Å². The van der Waals surface area contributed by atoms with Gasteiger partial charge in [-0.1, -0.05) is 60.7 Å². The van der Waals surface area contributed by atoms with Crippen LogP contribution in [0.3, 0.4) is 0 Å². The van der Waals surface area contributed by atoms with E-state index in [2.05, 4.69) is 4.99 Å². The highest BCUT2D eigenvalue weighted by Gasteiger charge is 2.11. The minimum absolute atomic E-state index is 0.161. The molecule has 2 N–H and O–H groups in total. The van der Waals surface area contributed by atoms with Gasteiger partial charge in [-0.05, 0) is 11.1 Å². The predicted molar refractivity (Wildman–Crippen MR) is 75.2 cm³/mol. The molecule has 0 spiro atoms. The van der Waals surface area contributed by atoms with E-state index in [0.29, 0.717) is 0 Å². The highest BCUT2D eigenvalue weighted by atomic mass is 15.4. The molecule has 2 aromatic rings. The molecule has 2 aromatic carbocycles. The Morgan fingerprint density at radius 3 is 2.11 bits per heavy atom. The fourth-order valence-corrected chi connectivity index (χ4v) is 1.75. The van der Waals surface area contributed by atoms with Gasteiger partial charge in [-0.15, -0.1) is 0 Å². The number of hydrazine groups is 1. The van der Waals surface area contributed by atoms with E-state index in [1.807, 2.05) is 73.9 Å². The van der Waals surface area contributed by atoms with E-state index in [1.165, 1.54) is 0 Å². The van der Waals surface area contributed by atoms with Crippen LogP contribution in [-0.4, -0.2) is 18.3 Å². The molecule has 0 aliphatic heterocycles. The number of benzene rings is 2. The van der Waals surface area contributed by atoms with Crippen LogP contribution in [0.5, 0.6) is 0 Å². The summed E-state index contributed by atoms with van der Waals surface area (Å²) in [5.41, 5.74) is 2.15. The molecule has 0 amide bonds. The molecule has 0 aliphatic rings. The highest BCUT2D eigenvalue weighted by Crippen LogP contribution is 2.17. The van der Waals surface area contributed by atoms with Gasteiger partial charge in [0, 0.05) is 13.3 Å². The summed E-state index contributed by atoms with van der Waals surface area (Å²) in [5.74, 6) is 5.85. The first kappa shape index (κ1) is 12.5. The van der Waals surface area contributed by atoms with Crippen LogP contribution in [0.1, 0.15) is 17.3 Å². The maximum absolute atomic E-state index is 5.85. The average molecular weight is 239 g/mol. The first-order valence-corrected chi connectivity index (χ1v) is 5.88. The van der Waals surface area contributed by atoms with Gasteiger partial charge in [0.2, 0.25) is 0 Å². The van der Waals surface area contributed by atoms with Crippen molar-refractivity contribution in [2.45, 2.75) is 6.17 Å². The average Bonchev–Trinajstić information content (AvgIpc) is 2.41. The Kier molecular flexibility index (Phi) is 4.23. The minimum atomic E-state index is -0.161. The molecule has 0 saturated carbocycles. The van der Waals surface area contributed by atoms with Crippen LogP contribution in [0, 0.1) is 0 Å². The number of rotatable bonds is 4. The van der Waals surface area contributed by atoms with Gasteiger partial charge in [0.1, 0.15) is 6.17 Å². The van der Waals surface area contributed by atoms with Crippen molar-refractivity contribution in [3.8, 4) is 0 Å². The van der Waals surface area contributed by atoms with Gasteiger partial charge in [0.15, 0.2) is 0 Å². The molecule has 0 radical (unpaired) electrons. The van der Waals surface area contributed by atoms with Gasteiger partial charge in [0.05, 0.1) is 0 Å². The van der Waals surface area contributed by atoms with Crippen LogP contribution in [0.25, 0.3) is 0 Å². The lowest BCUT2D eigenvalue weighted by molar-refractivity contribution is 0.261. The molecule has 92 valence electrons. The van der Waals surface area contributed by atoms with Crippen LogP contribution < -0.4 is 5.84 Å². The first-order valence-electron chi connectivity index (χ1n) is 5.88. The molecule has 3 nitrogen and oxygen atoms in total. The van der Waals surface area contributed by atoms with E-state index >= 15 is 0 Å². The molecule has 0 aliphatic carbocycles. The topological polar surface area (TPSA) is 41.6 Å². The summed E-state index contributed by atoms with van der Waals surface area (Å²) in [6.45, 7) is 0. The van der Waals surface area contributed by atoms with Crippen molar-refractivity contribution in [3.63, 3.8) is 0 Å². The summed E-state index contributed by atoms with van der Waals surface area (Å²) in [6.07, 6.45) is 1.69. The van der Waals surface area contributed by atoms with Crippen LogP contribution in [0.2, 0.25) is 0 Å². The predicted octanol–water partition coefficient (Wildman–Crippen LogP) is 2.61. The Labute approximate surface area is 108 Å². The SMILES string of the molecule is CN(N)C(/N=C/c1ccccc1)c1ccccc1. The molecule has 18 heavy (non-hydrogen) atoms. The summed E-state index contributed by atoms with van der Waals surface area (Å²) in [5, 5.41) is 1.61. The second-order valence-corrected chi connectivity index (χ2v) is 4.14. The van der Waals surface area contributed by atoms with Gasteiger partial charge in [-0.25, -0.2) is 5.01 Å². The van der Waals surface area contributed by atoms with Crippen molar-refractivity contribution in [1.29, 1.82) is 0 Å². The molecule has 0 bridgehead atoms. The van der Waals surface area contributed by atoms with E-state index < -0.39 is 0 Å². The molecule has 0 saturated heterocycles. The zero-order valence-electron chi connectivity index (χ0n) is 10.4. The Morgan fingerprint density at radius 2 is 1.56 bits per heavy atom. The van der Waals surface area contributed by atoms with E-state index in [9.17, 15) is 0 Å². The monoisotopic (exact) mass is 239 g/mol. The second kappa shape index (κ2) is 6.10. The Bertz CT molecular complexity index is 492. The summed E-state index contributed by atoms with van der Waals surface area (Å²) in [7, 11) is 1.82. The highest BCUT2D eigenvalue weighted by molar-refractivity contribution is 5.79.